The van der Waals surface area contributed by atoms with E-state index >= 15 is 0 Å². The number of rotatable bonds is 5. The lowest BCUT2D eigenvalue weighted by Crippen LogP contribution is -2.20. The van der Waals surface area contributed by atoms with Gasteiger partial charge in [0.05, 0.1) is 10.9 Å². The van der Waals surface area contributed by atoms with Gasteiger partial charge in [0.2, 0.25) is 0 Å². The highest BCUT2D eigenvalue weighted by Crippen LogP contribution is 2.39. The summed E-state index contributed by atoms with van der Waals surface area (Å²) in [4.78, 5) is 11.6. The van der Waals surface area contributed by atoms with E-state index in [2.05, 4.69) is 37.1 Å². The van der Waals surface area contributed by atoms with Crippen LogP contribution in [-0.4, -0.2) is 32.5 Å². The molecule has 0 aliphatic heterocycles. The van der Waals surface area contributed by atoms with E-state index in [4.69, 9.17) is 0 Å². The smallest absolute Gasteiger partial charge is 0.271 e. The van der Waals surface area contributed by atoms with Crippen LogP contribution in [0, 0.1) is 0 Å². The molecule has 0 amide bonds. The number of anilines is 2. The van der Waals surface area contributed by atoms with E-state index in [-0.39, 0.29) is 5.56 Å². The lowest BCUT2D eigenvalue weighted by Gasteiger charge is -2.15. The van der Waals surface area contributed by atoms with Gasteiger partial charge in [-0.15, -0.1) is 0 Å². The quantitative estimate of drug-likeness (QED) is 0.494. The molecule has 3 aromatic rings. The molecule has 2 atom stereocenters. The third-order valence-electron chi connectivity index (χ3n) is 5.35. The summed E-state index contributed by atoms with van der Waals surface area (Å²) in [6.07, 6.45) is 5.89. The highest BCUT2D eigenvalue weighted by atomic mass is 16.1. The van der Waals surface area contributed by atoms with Crippen LogP contribution >= 0.6 is 0 Å². The second kappa shape index (κ2) is 5.68. The predicted molar refractivity (Wildman–Crippen MR) is 98.2 cm³/mol. The van der Waals surface area contributed by atoms with Crippen LogP contribution in [0.15, 0.2) is 29.1 Å². The number of nitrogens with zero attached hydrogens (tertiary/aromatic N) is 1. The molecule has 2 heterocycles. The first kappa shape index (κ1) is 14.6. The van der Waals surface area contributed by atoms with Gasteiger partial charge in [0.15, 0.2) is 0 Å². The van der Waals surface area contributed by atoms with Gasteiger partial charge in [-0.1, -0.05) is 0 Å². The zero-order valence-corrected chi connectivity index (χ0v) is 13.9. The number of hydrogen-bond donors (Lipinski definition) is 5. The fourth-order valence-corrected chi connectivity index (χ4v) is 3.83. The van der Waals surface area contributed by atoms with Gasteiger partial charge in [0.25, 0.3) is 5.56 Å². The van der Waals surface area contributed by atoms with Crippen LogP contribution in [0.25, 0.3) is 10.9 Å². The molecule has 7 nitrogen and oxygen atoms in total. The van der Waals surface area contributed by atoms with E-state index in [1.807, 2.05) is 18.2 Å². The number of aromatic nitrogens is 4. The number of fused-ring (bicyclic) bond motifs is 1. The van der Waals surface area contributed by atoms with Gasteiger partial charge < -0.3 is 10.6 Å². The van der Waals surface area contributed by atoms with E-state index < -0.39 is 0 Å². The SMILES string of the molecule is O=c1[nH][nH]c2cc(NC3CCC(Nc4cc(C5CC5)[nH]n4)C3)ccc12. The molecule has 1 aromatic carbocycles. The molecule has 0 saturated heterocycles. The maximum Gasteiger partial charge on any atom is 0.271 e. The molecule has 5 N–H and O–H groups in total. The first-order chi connectivity index (χ1) is 12.2. The summed E-state index contributed by atoms with van der Waals surface area (Å²) in [5, 5.41) is 20.9. The number of hydrogen-bond acceptors (Lipinski definition) is 4. The Morgan fingerprint density at radius 1 is 1.00 bits per heavy atom. The number of H-pyrrole nitrogens is 3. The van der Waals surface area contributed by atoms with Gasteiger partial charge in [-0.25, -0.2) is 0 Å². The second-order valence-corrected chi connectivity index (χ2v) is 7.32. The first-order valence-corrected chi connectivity index (χ1v) is 9.03. The topological polar surface area (TPSA) is 101 Å². The fourth-order valence-electron chi connectivity index (χ4n) is 3.83. The van der Waals surface area contributed by atoms with Gasteiger partial charge in [0.1, 0.15) is 5.82 Å². The van der Waals surface area contributed by atoms with Crippen LogP contribution in [0.4, 0.5) is 11.5 Å². The minimum absolute atomic E-state index is 0.0729. The van der Waals surface area contributed by atoms with E-state index in [1.165, 1.54) is 18.5 Å². The zero-order valence-electron chi connectivity index (χ0n) is 13.9. The summed E-state index contributed by atoms with van der Waals surface area (Å²) in [7, 11) is 0. The van der Waals surface area contributed by atoms with Crippen LogP contribution in [0.3, 0.4) is 0 Å². The molecule has 0 spiro atoms. The lowest BCUT2D eigenvalue weighted by atomic mass is 10.2. The standard InChI is InChI=1S/C18H22N6O/c25-18-14-6-5-13(8-16(14)22-24-18)19-11-3-4-12(7-11)20-17-9-15(21-23-17)10-1-2-10/h5-6,8-12,19H,1-4,7H2,(H2,20,21,23)(H2,22,24,25). The van der Waals surface area contributed by atoms with Gasteiger partial charge in [0, 0.05) is 35.4 Å². The van der Waals surface area contributed by atoms with Crippen LogP contribution < -0.4 is 16.2 Å². The second-order valence-electron chi connectivity index (χ2n) is 7.32. The Balaban J connectivity index is 1.21. The Bertz CT molecular complexity index is 950. The Hall–Kier alpha value is -2.70. The average molecular weight is 338 g/mol. The largest absolute Gasteiger partial charge is 0.382 e. The molecular weight excluding hydrogens is 316 g/mol. The van der Waals surface area contributed by atoms with Crippen molar-refractivity contribution < 1.29 is 0 Å². The van der Waals surface area contributed by atoms with Crippen molar-refractivity contribution in [3.8, 4) is 0 Å². The van der Waals surface area contributed by atoms with Crippen LogP contribution in [-0.2, 0) is 0 Å². The molecule has 2 aliphatic carbocycles. The third-order valence-corrected chi connectivity index (χ3v) is 5.35. The summed E-state index contributed by atoms with van der Waals surface area (Å²) >= 11 is 0. The normalized spacial score (nSPS) is 23.2. The first-order valence-electron chi connectivity index (χ1n) is 9.03. The van der Waals surface area contributed by atoms with Gasteiger partial charge >= 0.3 is 0 Å². The highest BCUT2D eigenvalue weighted by molar-refractivity contribution is 5.81. The molecule has 2 saturated carbocycles. The molecule has 0 radical (unpaired) electrons. The summed E-state index contributed by atoms with van der Waals surface area (Å²) in [5.41, 5.74) is 3.08. The summed E-state index contributed by atoms with van der Waals surface area (Å²) in [5.74, 6) is 1.68. The molecule has 25 heavy (non-hydrogen) atoms. The molecule has 7 heteroatoms. The van der Waals surface area contributed by atoms with Crippen molar-refractivity contribution in [1.29, 1.82) is 0 Å². The Labute approximate surface area is 144 Å². The number of benzene rings is 1. The minimum atomic E-state index is -0.0729. The van der Waals surface area contributed by atoms with Crippen molar-refractivity contribution in [2.24, 2.45) is 0 Å². The Morgan fingerprint density at radius 2 is 1.84 bits per heavy atom. The van der Waals surface area contributed by atoms with E-state index in [0.717, 1.165) is 36.3 Å². The Kier molecular flexibility index (Phi) is 3.33. The van der Waals surface area contributed by atoms with Crippen molar-refractivity contribution in [3.63, 3.8) is 0 Å². The van der Waals surface area contributed by atoms with Crippen molar-refractivity contribution in [3.05, 3.63) is 40.3 Å². The van der Waals surface area contributed by atoms with Crippen LogP contribution in [0.2, 0.25) is 0 Å². The minimum Gasteiger partial charge on any atom is -0.382 e. The monoisotopic (exact) mass is 338 g/mol. The maximum atomic E-state index is 11.6. The van der Waals surface area contributed by atoms with Crippen molar-refractivity contribution in [1.82, 2.24) is 20.4 Å². The lowest BCUT2D eigenvalue weighted by molar-refractivity contribution is 0.722. The molecule has 2 aromatic heterocycles. The summed E-state index contributed by atoms with van der Waals surface area (Å²) in [6, 6.07) is 8.87. The average Bonchev–Trinajstić information content (AvgIpc) is 3.02. The van der Waals surface area contributed by atoms with E-state index in [1.54, 1.807) is 0 Å². The molecule has 5 rings (SSSR count). The molecule has 2 aliphatic rings. The third kappa shape index (κ3) is 2.90. The van der Waals surface area contributed by atoms with Crippen molar-refractivity contribution in [2.75, 3.05) is 10.6 Å². The van der Waals surface area contributed by atoms with Crippen LogP contribution in [0.1, 0.15) is 43.7 Å². The number of nitrogens with one attached hydrogen (secondary N) is 5. The Morgan fingerprint density at radius 3 is 2.68 bits per heavy atom. The highest BCUT2D eigenvalue weighted by Gasteiger charge is 2.28. The molecular formula is C18H22N6O. The summed E-state index contributed by atoms with van der Waals surface area (Å²) < 4.78 is 0. The fraction of sp³-hybridized carbons (Fsp3) is 0.444. The van der Waals surface area contributed by atoms with Gasteiger partial charge in [-0.05, 0) is 50.3 Å². The molecule has 0 bridgehead atoms. The van der Waals surface area contributed by atoms with Crippen LogP contribution in [0.5, 0.6) is 0 Å². The zero-order chi connectivity index (χ0) is 16.8. The maximum absolute atomic E-state index is 11.6. The molecule has 2 unspecified atom stereocenters. The van der Waals surface area contributed by atoms with Crippen molar-refractivity contribution >= 4 is 22.4 Å². The number of aromatic amines is 3. The van der Waals surface area contributed by atoms with E-state index in [9.17, 15) is 4.79 Å². The molecule has 2 fully saturated rings. The van der Waals surface area contributed by atoms with E-state index in [0.29, 0.717) is 23.4 Å². The predicted octanol–water partition coefficient (Wildman–Crippen LogP) is 2.90. The van der Waals surface area contributed by atoms with Crippen molar-refractivity contribution in [2.45, 2.75) is 50.1 Å². The summed E-state index contributed by atoms with van der Waals surface area (Å²) in [6.45, 7) is 0. The molecule has 130 valence electrons. The van der Waals surface area contributed by atoms with Gasteiger partial charge in [-0.3, -0.25) is 20.1 Å². The van der Waals surface area contributed by atoms with Gasteiger partial charge in [-0.2, -0.15) is 5.10 Å².